The van der Waals surface area contributed by atoms with E-state index in [0.717, 1.165) is 12.8 Å². The summed E-state index contributed by atoms with van der Waals surface area (Å²) in [5.74, 6) is -0.498. The normalized spacial score (nSPS) is 18.2. The van der Waals surface area contributed by atoms with Crippen molar-refractivity contribution in [1.29, 1.82) is 5.26 Å². The van der Waals surface area contributed by atoms with E-state index in [-0.39, 0.29) is 11.7 Å². The zero-order valence-electron chi connectivity index (χ0n) is 9.32. The van der Waals surface area contributed by atoms with Crippen LogP contribution >= 0.6 is 0 Å². The number of nitrogens with one attached hydrogen (secondary N) is 1. The van der Waals surface area contributed by atoms with Gasteiger partial charge in [0.05, 0.1) is 18.5 Å². The third-order valence-corrected chi connectivity index (χ3v) is 2.67. The lowest BCUT2D eigenvalue weighted by atomic mass is 10.1. The molecule has 1 N–H and O–H groups in total. The maximum atomic E-state index is 13.3. The van der Waals surface area contributed by atoms with Gasteiger partial charge in [-0.1, -0.05) is 6.07 Å². The van der Waals surface area contributed by atoms with E-state index in [4.69, 9.17) is 10.00 Å². The molecule has 0 saturated heterocycles. The molecule has 1 atom stereocenters. The summed E-state index contributed by atoms with van der Waals surface area (Å²) in [6.07, 6.45) is 5.66. The number of nitrogens with zero attached hydrogens (tertiary/aromatic N) is 1. The highest BCUT2D eigenvalue weighted by molar-refractivity contribution is 5.57. The second-order valence-electron chi connectivity index (χ2n) is 3.86. The molecule has 0 aromatic heterocycles. The van der Waals surface area contributed by atoms with Crippen molar-refractivity contribution in [1.82, 2.24) is 0 Å². The van der Waals surface area contributed by atoms with Crippen LogP contribution in [-0.4, -0.2) is 12.6 Å². The summed E-state index contributed by atoms with van der Waals surface area (Å²) in [6.45, 7) is 0.572. The molecule has 0 saturated carbocycles. The average Bonchev–Trinajstić information content (AvgIpc) is 2.37. The van der Waals surface area contributed by atoms with Crippen molar-refractivity contribution in [2.45, 2.75) is 18.9 Å². The molecule has 0 aliphatic carbocycles. The Morgan fingerprint density at radius 2 is 2.41 bits per heavy atom. The molecule has 1 aliphatic rings. The van der Waals surface area contributed by atoms with E-state index in [1.165, 1.54) is 6.07 Å². The van der Waals surface area contributed by atoms with Crippen molar-refractivity contribution < 1.29 is 9.13 Å². The monoisotopic (exact) mass is 232 g/mol. The number of hydrogen-bond donors (Lipinski definition) is 1. The van der Waals surface area contributed by atoms with Crippen LogP contribution in [0.15, 0.2) is 30.5 Å². The molecule has 1 aromatic carbocycles. The van der Waals surface area contributed by atoms with E-state index in [2.05, 4.69) is 5.32 Å². The van der Waals surface area contributed by atoms with E-state index in [9.17, 15) is 4.39 Å². The standard InChI is InChI=1S/C13H13FN2O/c14-12-5-3-6-13(11(12)8-15)16-9-10-4-1-2-7-17-10/h2-3,5-7,10,16H,1,4,9H2. The molecule has 0 bridgehead atoms. The van der Waals surface area contributed by atoms with Crippen molar-refractivity contribution in [3.8, 4) is 6.07 Å². The Balaban J connectivity index is 2.01. The predicted molar refractivity (Wildman–Crippen MR) is 62.9 cm³/mol. The van der Waals surface area contributed by atoms with Gasteiger partial charge in [-0.15, -0.1) is 0 Å². The van der Waals surface area contributed by atoms with Crippen molar-refractivity contribution in [2.75, 3.05) is 11.9 Å². The molecular weight excluding hydrogens is 219 g/mol. The van der Waals surface area contributed by atoms with Gasteiger partial charge in [0.15, 0.2) is 0 Å². The van der Waals surface area contributed by atoms with Gasteiger partial charge in [-0.3, -0.25) is 0 Å². The predicted octanol–water partition coefficient (Wildman–Crippen LogP) is 2.80. The molecule has 88 valence electrons. The maximum Gasteiger partial charge on any atom is 0.143 e. The summed E-state index contributed by atoms with van der Waals surface area (Å²) < 4.78 is 18.7. The van der Waals surface area contributed by atoms with E-state index in [1.807, 2.05) is 12.1 Å². The van der Waals surface area contributed by atoms with Crippen LogP contribution in [0.3, 0.4) is 0 Å². The largest absolute Gasteiger partial charge is 0.497 e. The minimum atomic E-state index is -0.498. The maximum absolute atomic E-state index is 13.3. The molecule has 0 amide bonds. The molecule has 1 heterocycles. The first-order valence-electron chi connectivity index (χ1n) is 5.54. The number of rotatable bonds is 3. The first-order valence-corrected chi connectivity index (χ1v) is 5.54. The topological polar surface area (TPSA) is 45.0 Å². The number of anilines is 1. The van der Waals surface area contributed by atoms with Crippen LogP contribution in [0.5, 0.6) is 0 Å². The summed E-state index contributed by atoms with van der Waals surface area (Å²) in [5.41, 5.74) is 0.574. The third-order valence-electron chi connectivity index (χ3n) is 2.67. The van der Waals surface area contributed by atoms with Crippen LogP contribution in [0.1, 0.15) is 18.4 Å². The lowest BCUT2D eigenvalue weighted by Crippen LogP contribution is -2.23. The van der Waals surface area contributed by atoms with Crippen LogP contribution < -0.4 is 5.32 Å². The van der Waals surface area contributed by atoms with Gasteiger partial charge in [0.2, 0.25) is 0 Å². The molecule has 4 heteroatoms. The zero-order chi connectivity index (χ0) is 12.1. The van der Waals surface area contributed by atoms with E-state index in [1.54, 1.807) is 18.4 Å². The smallest absolute Gasteiger partial charge is 0.143 e. The summed E-state index contributed by atoms with van der Waals surface area (Å²) in [4.78, 5) is 0. The van der Waals surface area contributed by atoms with E-state index >= 15 is 0 Å². The molecule has 17 heavy (non-hydrogen) atoms. The average molecular weight is 232 g/mol. The molecular formula is C13H13FN2O. The van der Waals surface area contributed by atoms with Crippen molar-refractivity contribution in [3.63, 3.8) is 0 Å². The molecule has 1 unspecified atom stereocenters. The van der Waals surface area contributed by atoms with Gasteiger partial charge in [0.1, 0.15) is 23.6 Å². The SMILES string of the molecule is N#Cc1c(F)cccc1NCC1CCC=CO1. The lowest BCUT2D eigenvalue weighted by molar-refractivity contribution is 0.135. The Kier molecular flexibility index (Phi) is 3.61. The number of halogens is 1. The fourth-order valence-corrected chi connectivity index (χ4v) is 1.74. The van der Waals surface area contributed by atoms with Gasteiger partial charge in [0, 0.05) is 0 Å². The number of allylic oxidation sites excluding steroid dienone is 1. The number of nitriles is 1. The Bertz CT molecular complexity index is 465. The third kappa shape index (κ3) is 2.76. The molecule has 0 radical (unpaired) electrons. The molecule has 0 spiro atoms. The highest BCUT2D eigenvalue weighted by atomic mass is 19.1. The number of ether oxygens (including phenoxy) is 1. The van der Waals surface area contributed by atoms with Crippen molar-refractivity contribution >= 4 is 5.69 Å². The van der Waals surface area contributed by atoms with Gasteiger partial charge in [0.25, 0.3) is 0 Å². The van der Waals surface area contributed by atoms with Gasteiger partial charge < -0.3 is 10.1 Å². The fourth-order valence-electron chi connectivity index (χ4n) is 1.74. The Morgan fingerprint density at radius 1 is 1.53 bits per heavy atom. The van der Waals surface area contributed by atoms with Crippen LogP contribution in [-0.2, 0) is 4.74 Å². The molecule has 3 nitrogen and oxygen atoms in total. The number of benzene rings is 1. The zero-order valence-corrected chi connectivity index (χ0v) is 9.32. The fraction of sp³-hybridized carbons (Fsp3) is 0.308. The lowest BCUT2D eigenvalue weighted by Gasteiger charge is -2.20. The minimum absolute atomic E-state index is 0.0545. The highest BCUT2D eigenvalue weighted by Gasteiger charge is 2.12. The van der Waals surface area contributed by atoms with Gasteiger partial charge >= 0.3 is 0 Å². The minimum Gasteiger partial charge on any atom is -0.497 e. The Labute approximate surface area is 99.5 Å². The summed E-state index contributed by atoms with van der Waals surface area (Å²) >= 11 is 0. The van der Waals surface area contributed by atoms with Crippen LogP contribution in [0.25, 0.3) is 0 Å². The van der Waals surface area contributed by atoms with Crippen molar-refractivity contribution in [2.24, 2.45) is 0 Å². The molecule has 0 fully saturated rings. The molecule has 2 rings (SSSR count). The van der Waals surface area contributed by atoms with Gasteiger partial charge in [-0.25, -0.2) is 4.39 Å². The van der Waals surface area contributed by atoms with E-state index < -0.39 is 5.82 Å². The van der Waals surface area contributed by atoms with Crippen LogP contribution in [0.2, 0.25) is 0 Å². The molecule has 1 aromatic rings. The second kappa shape index (κ2) is 5.35. The second-order valence-corrected chi connectivity index (χ2v) is 3.86. The summed E-state index contributed by atoms with van der Waals surface area (Å²) in [7, 11) is 0. The Hall–Kier alpha value is -2.02. The molecule has 1 aliphatic heterocycles. The summed E-state index contributed by atoms with van der Waals surface area (Å²) in [6, 6.07) is 6.42. The van der Waals surface area contributed by atoms with Crippen LogP contribution in [0.4, 0.5) is 10.1 Å². The summed E-state index contributed by atoms with van der Waals surface area (Å²) in [5, 5.41) is 11.9. The van der Waals surface area contributed by atoms with Gasteiger partial charge in [-0.05, 0) is 31.1 Å². The van der Waals surface area contributed by atoms with E-state index in [0.29, 0.717) is 12.2 Å². The van der Waals surface area contributed by atoms with Crippen molar-refractivity contribution in [3.05, 3.63) is 41.9 Å². The highest BCUT2D eigenvalue weighted by Crippen LogP contribution is 2.19. The number of hydrogen-bond acceptors (Lipinski definition) is 3. The van der Waals surface area contributed by atoms with Gasteiger partial charge in [-0.2, -0.15) is 5.26 Å². The Morgan fingerprint density at radius 3 is 3.12 bits per heavy atom. The first kappa shape index (κ1) is 11.5. The quantitative estimate of drug-likeness (QED) is 0.871. The first-order chi connectivity index (χ1) is 8.31. The van der Waals surface area contributed by atoms with Crippen LogP contribution in [0, 0.1) is 17.1 Å².